The van der Waals surface area contributed by atoms with Crippen molar-refractivity contribution in [3.05, 3.63) is 46.8 Å². The van der Waals surface area contributed by atoms with E-state index < -0.39 is 5.97 Å². The number of nitriles is 1. The molecule has 0 aliphatic heterocycles. The fraction of sp³-hybridized carbons (Fsp3) is 0.214. The van der Waals surface area contributed by atoms with E-state index in [0.29, 0.717) is 16.9 Å². The van der Waals surface area contributed by atoms with Crippen LogP contribution in [0.2, 0.25) is 0 Å². The van der Waals surface area contributed by atoms with Gasteiger partial charge in [0.15, 0.2) is 0 Å². The highest BCUT2D eigenvalue weighted by Gasteiger charge is 2.15. The van der Waals surface area contributed by atoms with Crippen LogP contribution in [0.5, 0.6) is 0 Å². The van der Waals surface area contributed by atoms with Crippen LogP contribution in [0.15, 0.2) is 24.4 Å². The second-order valence-corrected chi connectivity index (χ2v) is 4.40. The summed E-state index contributed by atoms with van der Waals surface area (Å²) in [7, 11) is 1.69. The monoisotopic (exact) mass is 270 g/mol. The van der Waals surface area contributed by atoms with E-state index in [0.717, 1.165) is 5.56 Å². The van der Waals surface area contributed by atoms with Crippen molar-refractivity contribution in [2.24, 2.45) is 7.05 Å². The smallest absolute Gasteiger partial charge is 0.339 e. The summed E-state index contributed by atoms with van der Waals surface area (Å²) in [5, 5.41) is 25.3. The molecule has 20 heavy (non-hydrogen) atoms. The molecule has 0 aliphatic rings. The van der Waals surface area contributed by atoms with Crippen LogP contribution in [0, 0.1) is 18.3 Å². The molecule has 0 radical (unpaired) electrons. The minimum atomic E-state index is -1.01. The lowest BCUT2D eigenvalue weighted by Crippen LogP contribution is -2.11. The second kappa shape index (κ2) is 5.45. The maximum absolute atomic E-state index is 11.1. The fourth-order valence-corrected chi connectivity index (χ4v) is 1.99. The normalized spacial score (nSPS) is 10.1. The third kappa shape index (κ3) is 2.47. The first-order valence-corrected chi connectivity index (χ1v) is 6.02. The quantitative estimate of drug-likeness (QED) is 0.885. The van der Waals surface area contributed by atoms with Crippen molar-refractivity contribution >= 4 is 11.7 Å². The Balaban J connectivity index is 2.26. The summed E-state index contributed by atoms with van der Waals surface area (Å²) < 4.78 is 1.51. The van der Waals surface area contributed by atoms with Crippen LogP contribution < -0.4 is 5.32 Å². The Bertz CT molecular complexity index is 698. The van der Waals surface area contributed by atoms with Crippen LogP contribution >= 0.6 is 0 Å². The van der Waals surface area contributed by atoms with Crippen molar-refractivity contribution in [3.63, 3.8) is 0 Å². The highest BCUT2D eigenvalue weighted by atomic mass is 16.4. The van der Waals surface area contributed by atoms with Gasteiger partial charge in [-0.2, -0.15) is 10.4 Å². The van der Waals surface area contributed by atoms with Gasteiger partial charge in [-0.05, 0) is 18.6 Å². The number of carbonyl (C=O) groups is 1. The van der Waals surface area contributed by atoms with Crippen LogP contribution in [0.4, 0.5) is 5.69 Å². The average Bonchev–Trinajstić information content (AvgIpc) is 2.78. The number of hydrogen-bond donors (Lipinski definition) is 2. The van der Waals surface area contributed by atoms with E-state index in [-0.39, 0.29) is 12.1 Å². The molecule has 2 N–H and O–H groups in total. The zero-order chi connectivity index (χ0) is 14.7. The van der Waals surface area contributed by atoms with Gasteiger partial charge in [-0.15, -0.1) is 0 Å². The van der Waals surface area contributed by atoms with Gasteiger partial charge in [-0.1, -0.05) is 12.1 Å². The number of anilines is 1. The lowest BCUT2D eigenvalue weighted by atomic mass is 10.1. The van der Waals surface area contributed by atoms with Crippen molar-refractivity contribution in [3.8, 4) is 6.07 Å². The fourth-order valence-electron chi connectivity index (χ4n) is 1.99. The number of aromatic carboxylic acids is 1. The summed E-state index contributed by atoms with van der Waals surface area (Å²) in [6.45, 7) is 2.15. The molecular formula is C14H14N4O2. The molecule has 0 atom stereocenters. The molecule has 6 heteroatoms. The third-order valence-corrected chi connectivity index (χ3v) is 3.12. The molecular weight excluding hydrogens is 256 g/mol. The van der Waals surface area contributed by atoms with E-state index in [4.69, 9.17) is 10.4 Å². The van der Waals surface area contributed by atoms with E-state index in [1.165, 1.54) is 10.9 Å². The topological polar surface area (TPSA) is 90.9 Å². The van der Waals surface area contributed by atoms with E-state index in [9.17, 15) is 4.79 Å². The molecule has 0 amide bonds. The number of carboxylic acid groups (broad SMARTS) is 1. The molecule has 1 aromatic carbocycles. The summed E-state index contributed by atoms with van der Waals surface area (Å²) in [5.41, 5.74) is 2.84. The van der Waals surface area contributed by atoms with Crippen LogP contribution in [-0.2, 0) is 13.6 Å². The van der Waals surface area contributed by atoms with Crippen molar-refractivity contribution < 1.29 is 9.90 Å². The number of rotatable bonds is 4. The maximum Gasteiger partial charge on any atom is 0.339 e. The molecule has 0 saturated carbocycles. The van der Waals surface area contributed by atoms with Gasteiger partial charge in [0, 0.05) is 7.05 Å². The van der Waals surface area contributed by atoms with Gasteiger partial charge in [-0.3, -0.25) is 4.68 Å². The minimum absolute atomic E-state index is 0.158. The first-order chi connectivity index (χ1) is 9.54. The number of hydrogen-bond acceptors (Lipinski definition) is 4. The highest BCUT2D eigenvalue weighted by molar-refractivity contribution is 5.88. The van der Waals surface area contributed by atoms with E-state index in [1.54, 1.807) is 13.1 Å². The Hall–Kier alpha value is -2.81. The molecule has 0 unspecified atom stereocenters. The lowest BCUT2D eigenvalue weighted by molar-refractivity contribution is 0.0695. The Labute approximate surface area is 116 Å². The standard InChI is InChI=1S/C14H14N4O2/c1-9-4-3-5-12(10(9)6-15)16-8-13-11(14(19)20)7-17-18(13)2/h3-5,7,16H,8H2,1-2H3,(H,19,20). The van der Waals surface area contributed by atoms with Crippen LogP contribution in [-0.4, -0.2) is 20.9 Å². The largest absolute Gasteiger partial charge is 0.478 e. The Morgan fingerprint density at radius 2 is 2.30 bits per heavy atom. The molecule has 2 rings (SSSR count). The van der Waals surface area contributed by atoms with Crippen molar-refractivity contribution in [2.45, 2.75) is 13.5 Å². The molecule has 102 valence electrons. The van der Waals surface area contributed by atoms with E-state index in [2.05, 4.69) is 16.5 Å². The summed E-state index contributed by atoms with van der Waals surface area (Å²) in [6, 6.07) is 7.64. The molecule has 0 saturated heterocycles. The number of aryl methyl sites for hydroxylation is 2. The minimum Gasteiger partial charge on any atom is -0.478 e. The van der Waals surface area contributed by atoms with Crippen molar-refractivity contribution in [1.82, 2.24) is 9.78 Å². The molecule has 6 nitrogen and oxygen atoms in total. The molecule has 0 aliphatic carbocycles. The van der Waals surface area contributed by atoms with Gasteiger partial charge in [0.25, 0.3) is 0 Å². The molecule has 2 aromatic rings. The first kappa shape index (κ1) is 13.6. The van der Waals surface area contributed by atoms with Crippen LogP contribution in [0.25, 0.3) is 0 Å². The van der Waals surface area contributed by atoms with Crippen molar-refractivity contribution in [2.75, 3.05) is 5.32 Å². The summed E-state index contributed by atoms with van der Waals surface area (Å²) >= 11 is 0. The van der Waals surface area contributed by atoms with Crippen molar-refractivity contribution in [1.29, 1.82) is 5.26 Å². The SMILES string of the molecule is Cc1cccc(NCc2c(C(=O)O)cnn2C)c1C#N. The predicted molar refractivity (Wildman–Crippen MR) is 73.4 cm³/mol. The number of carboxylic acids is 1. The van der Waals surface area contributed by atoms with Gasteiger partial charge >= 0.3 is 5.97 Å². The number of nitrogens with zero attached hydrogens (tertiary/aromatic N) is 3. The molecule has 0 spiro atoms. The van der Waals surface area contributed by atoms with Gasteiger partial charge in [0.1, 0.15) is 11.6 Å². The first-order valence-electron chi connectivity index (χ1n) is 6.02. The van der Waals surface area contributed by atoms with Gasteiger partial charge in [0.2, 0.25) is 0 Å². The number of benzene rings is 1. The molecule has 1 aromatic heterocycles. The Kier molecular flexibility index (Phi) is 3.71. The van der Waals surface area contributed by atoms with Gasteiger partial charge in [0.05, 0.1) is 29.7 Å². The second-order valence-electron chi connectivity index (χ2n) is 4.40. The molecule has 0 bridgehead atoms. The van der Waals surface area contributed by atoms with E-state index >= 15 is 0 Å². The summed E-state index contributed by atoms with van der Waals surface area (Å²) in [5.74, 6) is -1.01. The zero-order valence-corrected chi connectivity index (χ0v) is 11.2. The van der Waals surface area contributed by atoms with Gasteiger partial charge < -0.3 is 10.4 Å². The van der Waals surface area contributed by atoms with Crippen LogP contribution in [0.1, 0.15) is 27.2 Å². The highest BCUT2D eigenvalue weighted by Crippen LogP contribution is 2.19. The predicted octanol–water partition coefficient (Wildman–Crippen LogP) is 1.91. The average molecular weight is 270 g/mol. The molecule has 0 fully saturated rings. The Morgan fingerprint density at radius 1 is 1.55 bits per heavy atom. The summed E-state index contributed by atoms with van der Waals surface area (Å²) in [4.78, 5) is 11.1. The number of aromatic nitrogens is 2. The maximum atomic E-state index is 11.1. The number of nitrogens with one attached hydrogen (secondary N) is 1. The van der Waals surface area contributed by atoms with Crippen LogP contribution in [0.3, 0.4) is 0 Å². The summed E-state index contributed by atoms with van der Waals surface area (Å²) in [6.07, 6.45) is 1.32. The Morgan fingerprint density at radius 3 is 2.95 bits per heavy atom. The lowest BCUT2D eigenvalue weighted by Gasteiger charge is -2.10. The van der Waals surface area contributed by atoms with E-state index in [1.807, 2.05) is 19.1 Å². The van der Waals surface area contributed by atoms with Gasteiger partial charge in [-0.25, -0.2) is 4.79 Å². The third-order valence-electron chi connectivity index (χ3n) is 3.12. The molecule has 1 heterocycles. The zero-order valence-electron chi connectivity index (χ0n) is 11.2.